The number of likely N-dealkylation sites (tertiary alicyclic amines) is 1. The Labute approximate surface area is 170 Å². The van der Waals surface area contributed by atoms with Crippen molar-refractivity contribution in [3.8, 4) is 0 Å². The number of benzene rings is 2. The Kier molecular flexibility index (Phi) is 6.59. The SMILES string of the molecule is CCN1CCC[C@@H]1CNC(=O)c1ccc(S(=O)(=O)Nc2ccc(Cl)cc2)cc1. The van der Waals surface area contributed by atoms with E-state index in [1.807, 2.05) is 0 Å². The van der Waals surface area contributed by atoms with E-state index in [9.17, 15) is 13.2 Å². The monoisotopic (exact) mass is 421 g/mol. The van der Waals surface area contributed by atoms with Crippen molar-refractivity contribution >= 4 is 33.2 Å². The minimum atomic E-state index is -3.74. The number of carbonyl (C=O) groups excluding carboxylic acids is 1. The third-order valence-electron chi connectivity index (χ3n) is 4.93. The second kappa shape index (κ2) is 8.94. The quantitative estimate of drug-likeness (QED) is 0.718. The molecule has 1 saturated heterocycles. The molecule has 1 aliphatic heterocycles. The Balaban J connectivity index is 1.62. The van der Waals surface area contributed by atoms with Crippen LogP contribution in [0.15, 0.2) is 53.4 Å². The van der Waals surface area contributed by atoms with Crippen LogP contribution < -0.4 is 10.0 Å². The maximum Gasteiger partial charge on any atom is 0.261 e. The molecule has 28 heavy (non-hydrogen) atoms. The molecule has 8 heteroatoms. The maximum absolute atomic E-state index is 12.5. The van der Waals surface area contributed by atoms with Gasteiger partial charge in [0.25, 0.3) is 15.9 Å². The molecular weight excluding hydrogens is 398 g/mol. The van der Waals surface area contributed by atoms with Gasteiger partial charge in [-0.25, -0.2) is 8.42 Å². The van der Waals surface area contributed by atoms with Gasteiger partial charge in [0, 0.05) is 28.9 Å². The molecule has 2 aromatic carbocycles. The number of likely N-dealkylation sites (N-methyl/N-ethyl adjacent to an activating group) is 1. The van der Waals surface area contributed by atoms with E-state index < -0.39 is 10.0 Å². The zero-order chi connectivity index (χ0) is 20.1. The average molecular weight is 422 g/mol. The van der Waals surface area contributed by atoms with Crippen molar-refractivity contribution in [1.82, 2.24) is 10.2 Å². The highest BCUT2D eigenvalue weighted by Gasteiger charge is 2.23. The van der Waals surface area contributed by atoms with E-state index in [-0.39, 0.29) is 10.8 Å². The highest BCUT2D eigenvalue weighted by Crippen LogP contribution is 2.19. The topological polar surface area (TPSA) is 78.5 Å². The first-order valence-electron chi connectivity index (χ1n) is 9.30. The lowest BCUT2D eigenvalue weighted by Crippen LogP contribution is -2.40. The Hall–Kier alpha value is -2.09. The second-order valence-corrected chi connectivity index (χ2v) is 8.89. The van der Waals surface area contributed by atoms with Gasteiger partial charge in [-0.2, -0.15) is 0 Å². The van der Waals surface area contributed by atoms with Gasteiger partial charge in [0.1, 0.15) is 0 Å². The van der Waals surface area contributed by atoms with Gasteiger partial charge in [0.15, 0.2) is 0 Å². The van der Waals surface area contributed by atoms with Crippen molar-refractivity contribution in [1.29, 1.82) is 0 Å². The van der Waals surface area contributed by atoms with E-state index in [1.165, 1.54) is 24.3 Å². The zero-order valence-corrected chi connectivity index (χ0v) is 17.3. The van der Waals surface area contributed by atoms with Crippen molar-refractivity contribution < 1.29 is 13.2 Å². The minimum absolute atomic E-state index is 0.0898. The summed E-state index contributed by atoms with van der Waals surface area (Å²) in [6, 6.07) is 12.7. The molecule has 1 amide bonds. The summed E-state index contributed by atoms with van der Waals surface area (Å²) in [5.74, 6) is -0.197. The van der Waals surface area contributed by atoms with Crippen LogP contribution in [0.5, 0.6) is 0 Å². The molecule has 2 N–H and O–H groups in total. The number of halogens is 1. The molecule has 0 aliphatic carbocycles. The summed E-state index contributed by atoms with van der Waals surface area (Å²) in [5, 5.41) is 3.48. The summed E-state index contributed by atoms with van der Waals surface area (Å²) in [5.41, 5.74) is 0.856. The van der Waals surface area contributed by atoms with Gasteiger partial charge in [0.2, 0.25) is 0 Å². The molecule has 6 nitrogen and oxygen atoms in total. The fourth-order valence-corrected chi connectivity index (χ4v) is 4.56. The Morgan fingerprint density at radius 2 is 1.82 bits per heavy atom. The van der Waals surface area contributed by atoms with Crippen LogP contribution in [0.2, 0.25) is 5.02 Å². The number of carbonyl (C=O) groups is 1. The molecular formula is C20H24ClN3O3S. The van der Waals surface area contributed by atoms with Crippen LogP contribution in [-0.2, 0) is 10.0 Å². The van der Waals surface area contributed by atoms with Crippen molar-refractivity contribution in [2.45, 2.75) is 30.7 Å². The summed E-state index contributed by atoms with van der Waals surface area (Å²) in [6.07, 6.45) is 2.24. The van der Waals surface area contributed by atoms with E-state index in [1.54, 1.807) is 24.3 Å². The Bertz CT molecular complexity index is 915. The van der Waals surface area contributed by atoms with Gasteiger partial charge in [-0.3, -0.25) is 14.4 Å². The van der Waals surface area contributed by atoms with Crippen molar-refractivity contribution in [2.75, 3.05) is 24.4 Å². The summed E-state index contributed by atoms with van der Waals surface area (Å²) < 4.78 is 27.5. The lowest BCUT2D eigenvalue weighted by atomic mass is 10.2. The summed E-state index contributed by atoms with van der Waals surface area (Å²) in [4.78, 5) is 14.8. The fraction of sp³-hybridized carbons (Fsp3) is 0.350. The number of hydrogen-bond acceptors (Lipinski definition) is 4. The summed E-state index contributed by atoms with van der Waals surface area (Å²) in [6.45, 7) is 4.78. The van der Waals surface area contributed by atoms with Gasteiger partial charge in [0.05, 0.1) is 4.90 Å². The van der Waals surface area contributed by atoms with E-state index >= 15 is 0 Å². The fourth-order valence-electron chi connectivity index (χ4n) is 3.37. The predicted octanol–water partition coefficient (Wildman–Crippen LogP) is 3.35. The largest absolute Gasteiger partial charge is 0.350 e. The minimum Gasteiger partial charge on any atom is -0.350 e. The van der Waals surface area contributed by atoms with Crippen LogP contribution in [0.25, 0.3) is 0 Å². The van der Waals surface area contributed by atoms with Gasteiger partial charge in [-0.05, 0) is 74.5 Å². The molecule has 0 bridgehead atoms. The molecule has 150 valence electrons. The average Bonchev–Trinajstić information content (AvgIpc) is 3.15. The van der Waals surface area contributed by atoms with Gasteiger partial charge in [-0.15, -0.1) is 0 Å². The lowest BCUT2D eigenvalue weighted by Gasteiger charge is -2.22. The molecule has 0 aromatic heterocycles. The smallest absolute Gasteiger partial charge is 0.261 e. The third-order valence-corrected chi connectivity index (χ3v) is 6.58. The van der Waals surface area contributed by atoms with E-state index in [4.69, 9.17) is 11.6 Å². The molecule has 0 spiro atoms. The molecule has 2 aromatic rings. The first kappa shape index (κ1) is 20.6. The number of rotatable bonds is 7. The number of sulfonamides is 1. The van der Waals surface area contributed by atoms with E-state index in [2.05, 4.69) is 21.9 Å². The first-order chi connectivity index (χ1) is 13.4. The molecule has 0 saturated carbocycles. The first-order valence-corrected chi connectivity index (χ1v) is 11.2. The summed E-state index contributed by atoms with van der Waals surface area (Å²) in [7, 11) is -3.74. The number of amides is 1. The van der Waals surface area contributed by atoms with E-state index in [0.29, 0.717) is 28.9 Å². The Morgan fingerprint density at radius 1 is 1.14 bits per heavy atom. The number of nitrogens with one attached hydrogen (secondary N) is 2. The highest BCUT2D eigenvalue weighted by molar-refractivity contribution is 7.92. The molecule has 1 fully saturated rings. The molecule has 0 unspecified atom stereocenters. The van der Waals surface area contributed by atoms with Crippen LogP contribution >= 0.6 is 11.6 Å². The van der Waals surface area contributed by atoms with Crippen LogP contribution in [0.1, 0.15) is 30.1 Å². The van der Waals surface area contributed by atoms with Gasteiger partial charge in [-0.1, -0.05) is 18.5 Å². The van der Waals surface area contributed by atoms with Gasteiger partial charge < -0.3 is 5.32 Å². The zero-order valence-electron chi connectivity index (χ0n) is 15.7. The van der Waals surface area contributed by atoms with Crippen LogP contribution in [0.3, 0.4) is 0 Å². The number of anilines is 1. The van der Waals surface area contributed by atoms with Crippen molar-refractivity contribution in [3.63, 3.8) is 0 Å². The normalized spacial score (nSPS) is 17.4. The molecule has 1 aliphatic rings. The van der Waals surface area contributed by atoms with Gasteiger partial charge >= 0.3 is 0 Å². The standard InChI is InChI=1S/C20H24ClN3O3S/c1-2-24-13-3-4-18(24)14-22-20(25)15-5-11-19(12-6-15)28(26,27)23-17-9-7-16(21)8-10-17/h5-12,18,23H,2-4,13-14H2,1H3,(H,22,25)/t18-/m1/s1. The second-order valence-electron chi connectivity index (χ2n) is 6.77. The summed E-state index contributed by atoms with van der Waals surface area (Å²) >= 11 is 5.81. The number of hydrogen-bond donors (Lipinski definition) is 2. The van der Waals surface area contributed by atoms with Crippen LogP contribution in [0, 0.1) is 0 Å². The predicted molar refractivity (Wildman–Crippen MR) is 111 cm³/mol. The highest BCUT2D eigenvalue weighted by atomic mass is 35.5. The maximum atomic E-state index is 12.5. The Morgan fingerprint density at radius 3 is 2.46 bits per heavy atom. The van der Waals surface area contributed by atoms with E-state index in [0.717, 1.165) is 25.9 Å². The van der Waals surface area contributed by atoms with Crippen molar-refractivity contribution in [2.24, 2.45) is 0 Å². The molecule has 3 rings (SSSR count). The van der Waals surface area contributed by atoms with Crippen LogP contribution in [0.4, 0.5) is 5.69 Å². The van der Waals surface area contributed by atoms with Crippen molar-refractivity contribution in [3.05, 3.63) is 59.1 Å². The molecule has 1 heterocycles. The molecule has 0 radical (unpaired) electrons. The molecule has 1 atom stereocenters. The van der Waals surface area contributed by atoms with Crippen LogP contribution in [-0.4, -0.2) is 44.9 Å². The third kappa shape index (κ3) is 5.04. The lowest BCUT2D eigenvalue weighted by molar-refractivity contribution is 0.0941. The number of nitrogens with zero attached hydrogens (tertiary/aromatic N) is 1.